The first-order chi connectivity index (χ1) is 7.10. The van der Waals surface area contributed by atoms with Crippen LogP contribution in [0, 0.1) is 23.0 Å². The molecule has 0 saturated heterocycles. The van der Waals surface area contributed by atoms with Gasteiger partial charge in [-0.15, -0.1) is 0 Å². The second-order valence-electron chi connectivity index (χ2n) is 2.65. The molecule has 0 heterocycles. The van der Waals surface area contributed by atoms with Gasteiger partial charge >= 0.3 is 5.97 Å². The molecular weight excluding hydrogens is 204 g/mol. The molecule has 78 valence electrons. The summed E-state index contributed by atoms with van der Waals surface area (Å²) < 4.78 is 30.4. The molecule has 1 aromatic rings. The minimum atomic E-state index is -1.26. The van der Waals surface area contributed by atoms with Crippen LogP contribution in [0.2, 0.25) is 0 Å². The van der Waals surface area contributed by atoms with Gasteiger partial charge in [0.2, 0.25) is 0 Å². The number of nitriles is 1. The predicted molar refractivity (Wildman–Crippen MR) is 47.0 cm³/mol. The van der Waals surface area contributed by atoms with E-state index >= 15 is 0 Å². The summed E-state index contributed by atoms with van der Waals surface area (Å²) in [6, 6.07) is 3.11. The zero-order valence-electron chi connectivity index (χ0n) is 7.88. The number of esters is 1. The number of benzene rings is 1. The molecule has 0 amide bonds. The van der Waals surface area contributed by atoms with Crippen molar-refractivity contribution in [3.8, 4) is 6.07 Å². The first-order valence-corrected chi connectivity index (χ1v) is 4.16. The van der Waals surface area contributed by atoms with Crippen molar-refractivity contribution >= 4 is 5.97 Å². The number of hydrogen-bond acceptors (Lipinski definition) is 3. The highest BCUT2D eigenvalue weighted by Crippen LogP contribution is 2.15. The Morgan fingerprint density at radius 3 is 2.73 bits per heavy atom. The van der Waals surface area contributed by atoms with Gasteiger partial charge in [0.25, 0.3) is 0 Å². The van der Waals surface area contributed by atoms with Crippen molar-refractivity contribution in [3.63, 3.8) is 0 Å². The molecule has 15 heavy (non-hydrogen) atoms. The summed E-state index contributed by atoms with van der Waals surface area (Å²) in [4.78, 5) is 11.2. The molecule has 0 N–H and O–H groups in total. The predicted octanol–water partition coefficient (Wildman–Crippen LogP) is 2.01. The van der Waals surface area contributed by atoms with Crippen LogP contribution in [0.25, 0.3) is 0 Å². The molecule has 0 aliphatic heterocycles. The lowest BCUT2D eigenvalue weighted by atomic mass is 10.1. The minimum Gasteiger partial charge on any atom is -0.462 e. The van der Waals surface area contributed by atoms with Gasteiger partial charge in [0.1, 0.15) is 6.07 Å². The van der Waals surface area contributed by atoms with E-state index in [-0.39, 0.29) is 12.2 Å². The molecule has 0 atom stereocenters. The van der Waals surface area contributed by atoms with E-state index in [2.05, 4.69) is 4.74 Å². The van der Waals surface area contributed by atoms with Crippen molar-refractivity contribution in [1.29, 1.82) is 5.26 Å². The van der Waals surface area contributed by atoms with Crippen molar-refractivity contribution in [1.82, 2.24) is 0 Å². The maximum Gasteiger partial charge on any atom is 0.338 e. The van der Waals surface area contributed by atoms with Crippen LogP contribution in [-0.4, -0.2) is 12.6 Å². The van der Waals surface area contributed by atoms with Crippen LogP contribution in [0.3, 0.4) is 0 Å². The first kappa shape index (κ1) is 11.1. The highest BCUT2D eigenvalue weighted by Gasteiger charge is 2.15. The van der Waals surface area contributed by atoms with Gasteiger partial charge in [0.05, 0.1) is 17.7 Å². The molecule has 1 aromatic carbocycles. The summed E-state index contributed by atoms with van der Waals surface area (Å²) in [5.74, 6) is -3.28. The third-order valence-corrected chi connectivity index (χ3v) is 1.66. The molecule has 0 spiro atoms. The van der Waals surface area contributed by atoms with Gasteiger partial charge in [0, 0.05) is 0 Å². The van der Waals surface area contributed by atoms with Crippen LogP contribution in [0.4, 0.5) is 8.78 Å². The molecule has 0 saturated carbocycles. The van der Waals surface area contributed by atoms with E-state index in [1.807, 2.05) is 0 Å². The Morgan fingerprint density at radius 2 is 2.20 bits per heavy atom. The fourth-order valence-electron chi connectivity index (χ4n) is 1.00. The molecule has 0 radical (unpaired) electrons. The number of carbonyl (C=O) groups is 1. The molecule has 0 aliphatic rings. The molecule has 3 nitrogen and oxygen atoms in total. The smallest absolute Gasteiger partial charge is 0.338 e. The number of nitrogens with zero attached hydrogens (tertiary/aromatic N) is 1. The van der Waals surface area contributed by atoms with Crippen molar-refractivity contribution < 1.29 is 18.3 Å². The van der Waals surface area contributed by atoms with E-state index in [0.717, 1.165) is 6.07 Å². The lowest BCUT2D eigenvalue weighted by molar-refractivity contribution is 0.0525. The van der Waals surface area contributed by atoms with E-state index in [4.69, 9.17) is 5.26 Å². The Hall–Kier alpha value is -1.96. The van der Waals surface area contributed by atoms with Gasteiger partial charge in [-0.2, -0.15) is 5.26 Å². The molecule has 0 bridgehead atoms. The monoisotopic (exact) mass is 211 g/mol. The van der Waals surface area contributed by atoms with Crippen LogP contribution in [0.1, 0.15) is 22.8 Å². The Balaban J connectivity index is 3.18. The van der Waals surface area contributed by atoms with Crippen molar-refractivity contribution in [2.45, 2.75) is 6.92 Å². The van der Waals surface area contributed by atoms with Gasteiger partial charge in [-0.25, -0.2) is 13.6 Å². The lowest BCUT2D eigenvalue weighted by Crippen LogP contribution is -2.06. The zero-order chi connectivity index (χ0) is 11.4. The third-order valence-electron chi connectivity index (χ3n) is 1.66. The van der Waals surface area contributed by atoms with Crippen molar-refractivity contribution in [2.75, 3.05) is 6.61 Å². The summed E-state index contributed by atoms with van der Waals surface area (Å²) in [7, 11) is 0. The molecule has 5 heteroatoms. The van der Waals surface area contributed by atoms with Crippen LogP contribution >= 0.6 is 0 Å². The molecule has 0 fully saturated rings. The quantitative estimate of drug-likeness (QED) is 0.703. The van der Waals surface area contributed by atoms with Crippen molar-refractivity contribution in [2.24, 2.45) is 0 Å². The Morgan fingerprint density at radius 1 is 1.53 bits per heavy atom. The molecule has 0 aromatic heterocycles. The Bertz CT molecular complexity index is 438. The molecule has 1 rings (SSSR count). The summed E-state index contributed by atoms with van der Waals surface area (Å²) in [5.41, 5.74) is -0.689. The summed E-state index contributed by atoms with van der Waals surface area (Å²) >= 11 is 0. The number of hydrogen-bond donors (Lipinski definition) is 0. The fraction of sp³-hybridized carbons (Fsp3) is 0.200. The Labute approximate surface area is 84.9 Å². The van der Waals surface area contributed by atoms with Gasteiger partial charge in [-0.3, -0.25) is 0 Å². The van der Waals surface area contributed by atoms with Gasteiger partial charge in [-0.05, 0) is 19.1 Å². The molecule has 0 unspecified atom stereocenters. The standard InChI is InChI=1S/C10H7F2NO2/c1-2-15-10(14)6-3-7(5-13)9(12)8(11)4-6/h3-4H,2H2,1H3. The largest absolute Gasteiger partial charge is 0.462 e. The number of halogens is 2. The Kier molecular flexibility index (Phi) is 3.34. The van der Waals surface area contributed by atoms with E-state index < -0.39 is 23.2 Å². The summed E-state index contributed by atoms with van der Waals surface area (Å²) in [5, 5.41) is 8.47. The maximum atomic E-state index is 12.9. The van der Waals surface area contributed by atoms with E-state index in [1.165, 1.54) is 6.07 Å². The second kappa shape index (κ2) is 4.51. The highest BCUT2D eigenvalue weighted by molar-refractivity contribution is 5.89. The number of carbonyl (C=O) groups excluding carboxylic acids is 1. The van der Waals surface area contributed by atoms with Crippen LogP contribution in [-0.2, 0) is 4.74 Å². The van der Waals surface area contributed by atoms with E-state index in [0.29, 0.717) is 6.07 Å². The number of rotatable bonds is 2. The normalized spacial score (nSPS) is 9.47. The van der Waals surface area contributed by atoms with E-state index in [1.54, 1.807) is 6.92 Å². The maximum absolute atomic E-state index is 12.9. The van der Waals surface area contributed by atoms with E-state index in [9.17, 15) is 13.6 Å². The van der Waals surface area contributed by atoms with Gasteiger partial charge < -0.3 is 4.74 Å². The summed E-state index contributed by atoms with van der Waals surface area (Å²) in [6.07, 6.45) is 0. The number of ether oxygens (including phenoxy) is 1. The topological polar surface area (TPSA) is 50.1 Å². The third kappa shape index (κ3) is 2.29. The van der Waals surface area contributed by atoms with Gasteiger partial charge in [-0.1, -0.05) is 0 Å². The molecular formula is C10H7F2NO2. The fourth-order valence-corrected chi connectivity index (χ4v) is 1.00. The van der Waals surface area contributed by atoms with Gasteiger partial charge in [0.15, 0.2) is 11.6 Å². The highest BCUT2D eigenvalue weighted by atomic mass is 19.2. The zero-order valence-corrected chi connectivity index (χ0v) is 7.88. The van der Waals surface area contributed by atoms with Crippen LogP contribution < -0.4 is 0 Å². The first-order valence-electron chi connectivity index (χ1n) is 4.16. The van der Waals surface area contributed by atoms with Crippen LogP contribution in [0.5, 0.6) is 0 Å². The van der Waals surface area contributed by atoms with Crippen LogP contribution in [0.15, 0.2) is 12.1 Å². The SMILES string of the molecule is CCOC(=O)c1cc(F)c(F)c(C#N)c1. The van der Waals surface area contributed by atoms with Crippen molar-refractivity contribution in [3.05, 3.63) is 34.9 Å². The average molecular weight is 211 g/mol. The minimum absolute atomic E-state index is 0.125. The second-order valence-corrected chi connectivity index (χ2v) is 2.65. The summed E-state index contributed by atoms with van der Waals surface area (Å²) in [6.45, 7) is 1.71. The lowest BCUT2D eigenvalue weighted by Gasteiger charge is -2.03. The molecule has 0 aliphatic carbocycles. The average Bonchev–Trinajstić information content (AvgIpc) is 2.22.